The summed E-state index contributed by atoms with van der Waals surface area (Å²) in [6, 6.07) is 19.2. The Morgan fingerprint density at radius 3 is 2.52 bits per heavy atom. The Bertz CT molecular complexity index is 544. The molecule has 21 heavy (non-hydrogen) atoms. The third kappa shape index (κ3) is 4.51. The molecule has 2 aromatic carbocycles. The third-order valence-corrected chi connectivity index (χ3v) is 4.59. The van der Waals surface area contributed by atoms with Crippen molar-refractivity contribution in [1.82, 2.24) is 5.32 Å². The summed E-state index contributed by atoms with van der Waals surface area (Å²) in [6.45, 7) is 5.38. The van der Waals surface area contributed by atoms with Crippen molar-refractivity contribution in [3.05, 3.63) is 60.2 Å². The molecular weight excluding hydrogens is 278 g/mol. The lowest BCUT2D eigenvalue weighted by Crippen LogP contribution is -2.28. The summed E-state index contributed by atoms with van der Waals surface area (Å²) in [7, 11) is 1.71. The first-order valence-corrected chi connectivity index (χ1v) is 8.21. The molecule has 2 nitrogen and oxygen atoms in total. The molecule has 0 aliphatic carbocycles. The molecular formula is C18H23NOS. The number of nitrogens with one attached hydrogen (secondary N) is 1. The molecule has 0 amide bonds. The molecule has 2 atom stereocenters. The van der Waals surface area contributed by atoms with Crippen molar-refractivity contribution >= 4 is 11.8 Å². The fourth-order valence-corrected chi connectivity index (χ4v) is 3.55. The van der Waals surface area contributed by atoms with Gasteiger partial charge in [0.05, 0.1) is 7.11 Å². The first-order chi connectivity index (χ1) is 10.2. The van der Waals surface area contributed by atoms with Crippen LogP contribution < -0.4 is 10.1 Å². The molecule has 2 unspecified atom stereocenters. The van der Waals surface area contributed by atoms with E-state index in [2.05, 4.69) is 61.6 Å². The molecule has 0 aliphatic heterocycles. The molecule has 0 aliphatic rings. The Morgan fingerprint density at radius 2 is 1.86 bits per heavy atom. The fourth-order valence-electron chi connectivity index (χ4n) is 2.39. The first kappa shape index (κ1) is 15.9. The van der Waals surface area contributed by atoms with E-state index in [9.17, 15) is 0 Å². The molecule has 0 heterocycles. The lowest BCUT2D eigenvalue weighted by molar-refractivity contribution is 0.413. The van der Waals surface area contributed by atoms with Crippen molar-refractivity contribution in [1.29, 1.82) is 0 Å². The molecule has 0 aromatic heterocycles. The van der Waals surface area contributed by atoms with Crippen molar-refractivity contribution in [3.8, 4) is 5.75 Å². The van der Waals surface area contributed by atoms with Gasteiger partial charge in [0.15, 0.2) is 0 Å². The van der Waals surface area contributed by atoms with Crippen LogP contribution in [-0.2, 0) is 0 Å². The lowest BCUT2D eigenvalue weighted by atomic mass is 10.0. The van der Waals surface area contributed by atoms with E-state index < -0.39 is 0 Å². The van der Waals surface area contributed by atoms with E-state index in [1.165, 1.54) is 10.5 Å². The van der Waals surface area contributed by atoms with Gasteiger partial charge in [-0.2, -0.15) is 0 Å². The van der Waals surface area contributed by atoms with Crippen molar-refractivity contribution in [2.45, 2.75) is 30.0 Å². The number of methoxy groups -OCH3 is 1. The topological polar surface area (TPSA) is 21.3 Å². The molecule has 112 valence electrons. The number of hydrogen-bond acceptors (Lipinski definition) is 3. The quantitative estimate of drug-likeness (QED) is 0.759. The molecule has 0 radical (unpaired) electrons. The van der Waals surface area contributed by atoms with Crippen LogP contribution in [0.2, 0.25) is 0 Å². The van der Waals surface area contributed by atoms with Crippen LogP contribution >= 0.6 is 11.8 Å². The standard InChI is InChI=1S/C18H23NOS/c1-4-19-18(15-9-6-5-7-10-15)14(2)21-17-12-8-11-16(13-17)20-3/h5-14,18-19H,4H2,1-3H3. The fraction of sp³-hybridized carbons (Fsp3) is 0.333. The van der Waals surface area contributed by atoms with Crippen LogP contribution in [0, 0.1) is 0 Å². The average molecular weight is 301 g/mol. The highest BCUT2D eigenvalue weighted by atomic mass is 32.2. The number of ether oxygens (including phenoxy) is 1. The SMILES string of the molecule is CCNC(c1ccccc1)C(C)Sc1cccc(OC)c1. The second-order valence-electron chi connectivity index (χ2n) is 4.95. The monoisotopic (exact) mass is 301 g/mol. The number of rotatable bonds is 7. The van der Waals surface area contributed by atoms with Crippen LogP contribution in [0.15, 0.2) is 59.5 Å². The molecule has 1 N–H and O–H groups in total. The van der Waals surface area contributed by atoms with E-state index in [1.54, 1.807) is 7.11 Å². The third-order valence-electron chi connectivity index (χ3n) is 3.42. The summed E-state index contributed by atoms with van der Waals surface area (Å²) in [5, 5.41) is 4.03. The van der Waals surface area contributed by atoms with Gasteiger partial charge in [0.1, 0.15) is 5.75 Å². The maximum Gasteiger partial charge on any atom is 0.119 e. The largest absolute Gasteiger partial charge is 0.497 e. The normalized spacial score (nSPS) is 13.7. The van der Waals surface area contributed by atoms with Crippen LogP contribution in [0.5, 0.6) is 5.75 Å². The Morgan fingerprint density at radius 1 is 1.10 bits per heavy atom. The minimum Gasteiger partial charge on any atom is -0.497 e. The second-order valence-corrected chi connectivity index (χ2v) is 6.40. The van der Waals surface area contributed by atoms with Crippen molar-refractivity contribution in [3.63, 3.8) is 0 Å². The molecule has 0 saturated heterocycles. The van der Waals surface area contributed by atoms with Crippen LogP contribution in [0.1, 0.15) is 25.5 Å². The molecule has 0 saturated carbocycles. The number of benzene rings is 2. The van der Waals surface area contributed by atoms with Gasteiger partial charge in [-0.25, -0.2) is 0 Å². The minimum atomic E-state index is 0.340. The van der Waals surface area contributed by atoms with E-state index in [4.69, 9.17) is 4.74 Å². The Kier molecular flexibility index (Phi) is 6.15. The summed E-state index contributed by atoms with van der Waals surface area (Å²) < 4.78 is 5.30. The first-order valence-electron chi connectivity index (χ1n) is 7.33. The predicted molar refractivity (Wildman–Crippen MR) is 91.2 cm³/mol. The summed E-state index contributed by atoms with van der Waals surface area (Å²) >= 11 is 1.87. The van der Waals surface area contributed by atoms with E-state index >= 15 is 0 Å². The van der Waals surface area contributed by atoms with Gasteiger partial charge >= 0.3 is 0 Å². The van der Waals surface area contributed by atoms with Crippen LogP contribution in [0.4, 0.5) is 0 Å². The zero-order valence-electron chi connectivity index (χ0n) is 12.9. The minimum absolute atomic E-state index is 0.340. The lowest BCUT2D eigenvalue weighted by Gasteiger charge is -2.25. The Hall–Kier alpha value is -1.45. The highest BCUT2D eigenvalue weighted by Gasteiger charge is 2.19. The smallest absolute Gasteiger partial charge is 0.119 e. The number of thioether (sulfide) groups is 1. The summed E-state index contributed by atoms with van der Waals surface area (Å²) in [6.07, 6.45) is 0. The van der Waals surface area contributed by atoms with Crippen molar-refractivity contribution < 1.29 is 4.74 Å². The van der Waals surface area contributed by atoms with Crippen molar-refractivity contribution in [2.24, 2.45) is 0 Å². The highest BCUT2D eigenvalue weighted by Crippen LogP contribution is 2.33. The highest BCUT2D eigenvalue weighted by molar-refractivity contribution is 8.00. The molecule has 3 heteroatoms. The van der Waals surface area contributed by atoms with Gasteiger partial charge < -0.3 is 10.1 Å². The van der Waals surface area contributed by atoms with Gasteiger partial charge in [-0.15, -0.1) is 11.8 Å². The molecule has 2 aromatic rings. The summed E-state index contributed by atoms with van der Waals surface area (Å²) in [4.78, 5) is 1.24. The number of hydrogen-bond donors (Lipinski definition) is 1. The zero-order chi connectivity index (χ0) is 15.1. The van der Waals surface area contributed by atoms with Gasteiger partial charge in [-0.1, -0.05) is 50.2 Å². The van der Waals surface area contributed by atoms with Gasteiger partial charge in [0.2, 0.25) is 0 Å². The maximum absolute atomic E-state index is 5.30. The van der Waals surface area contributed by atoms with E-state index in [1.807, 2.05) is 23.9 Å². The molecule has 2 rings (SSSR count). The second kappa shape index (κ2) is 8.11. The van der Waals surface area contributed by atoms with E-state index in [0.29, 0.717) is 11.3 Å². The van der Waals surface area contributed by atoms with Gasteiger partial charge in [-0.05, 0) is 30.3 Å². The van der Waals surface area contributed by atoms with Gasteiger partial charge in [-0.3, -0.25) is 0 Å². The van der Waals surface area contributed by atoms with Gasteiger partial charge in [0.25, 0.3) is 0 Å². The summed E-state index contributed by atoms with van der Waals surface area (Å²) in [5.41, 5.74) is 1.34. The van der Waals surface area contributed by atoms with Crippen LogP contribution in [0.3, 0.4) is 0 Å². The predicted octanol–water partition coefficient (Wildman–Crippen LogP) is 4.53. The van der Waals surface area contributed by atoms with Crippen LogP contribution in [0.25, 0.3) is 0 Å². The van der Waals surface area contributed by atoms with E-state index in [0.717, 1.165) is 12.3 Å². The molecule has 0 spiro atoms. The average Bonchev–Trinajstić information content (AvgIpc) is 2.53. The summed E-state index contributed by atoms with van der Waals surface area (Å²) in [5.74, 6) is 0.909. The Balaban J connectivity index is 2.13. The van der Waals surface area contributed by atoms with Gasteiger partial charge in [0, 0.05) is 16.2 Å². The van der Waals surface area contributed by atoms with Crippen molar-refractivity contribution in [2.75, 3.05) is 13.7 Å². The van der Waals surface area contributed by atoms with Crippen LogP contribution in [-0.4, -0.2) is 18.9 Å². The Labute approximate surface area is 131 Å². The molecule has 0 bridgehead atoms. The molecule has 0 fully saturated rings. The van der Waals surface area contributed by atoms with E-state index in [-0.39, 0.29) is 0 Å². The zero-order valence-corrected chi connectivity index (χ0v) is 13.7. The maximum atomic E-state index is 5.30.